The number of carbonyl (C=O) groups excluding carboxylic acids is 1. The van der Waals surface area contributed by atoms with E-state index in [4.69, 9.17) is 23.2 Å². The highest BCUT2D eigenvalue weighted by molar-refractivity contribution is 6.33. The summed E-state index contributed by atoms with van der Waals surface area (Å²) >= 11 is 11.4. The van der Waals surface area contributed by atoms with Crippen molar-refractivity contribution in [1.82, 2.24) is 10.4 Å². The van der Waals surface area contributed by atoms with Crippen molar-refractivity contribution in [3.63, 3.8) is 0 Å². The first-order valence-electron chi connectivity index (χ1n) is 5.37. The first-order chi connectivity index (χ1) is 9.15. The van der Waals surface area contributed by atoms with E-state index in [0.29, 0.717) is 5.56 Å². The van der Waals surface area contributed by atoms with Gasteiger partial charge in [0.25, 0.3) is 5.91 Å². The lowest BCUT2D eigenvalue weighted by molar-refractivity contribution is 0.0955. The molecule has 0 aliphatic carbocycles. The van der Waals surface area contributed by atoms with Gasteiger partial charge in [-0.2, -0.15) is 5.10 Å². The van der Waals surface area contributed by atoms with Gasteiger partial charge in [-0.1, -0.05) is 53.5 Å². The molecule has 96 valence electrons. The van der Waals surface area contributed by atoms with Gasteiger partial charge in [0, 0.05) is 5.56 Å². The number of hydrogen-bond acceptors (Lipinski definition) is 3. The number of nitrogens with one attached hydrogen (secondary N) is 1. The van der Waals surface area contributed by atoms with Gasteiger partial charge in [-0.15, -0.1) is 0 Å². The Hall–Kier alpha value is -1.91. The van der Waals surface area contributed by atoms with Gasteiger partial charge in [0.15, 0.2) is 0 Å². The molecule has 0 aliphatic heterocycles. The molecule has 0 saturated heterocycles. The number of nitrogens with zero attached hydrogens (tertiary/aromatic N) is 2. The second-order valence-corrected chi connectivity index (χ2v) is 4.39. The average Bonchev–Trinajstić information content (AvgIpc) is 2.38. The Labute approximate surface area is 120 Å². The maximum atomic E-state index is 11.8. The molecule has 1 aromatic carbocycles. The summed E-state index contributed by atoms with van der Waals surface area (Å²) < 4.78 is 0. The van der Waals surface area contributed by atoms with Gasteiger partial charge < -0.3 is 0 Å². The van der Waals surface area contributed by atoms with Crippen molar-refractivity contribution in [2.45, 2.75) is 0 Å². The van der Waals surface area contributed by atoms with Crippen molar-refractivity contribution < 1.29 is 4.79 Å². The first-order valence-corrected chi connectivity index (χ1v) is 6.12. The molecule has 1 aromatic heterocycles. The van der Waals surface area contributed by atoms with Crippen molar-refractivity contribution in [2.24, 2.45) is 5.10 Å². The molecular formula is C13H9Cl2N3O. The lowest BCUT2D eigenvalue weighted by Crippen LogP contribution is -2.17. The Kier molecular flexibility index (Phi) is 4.49. The predicted molar refractivity (Wildman–Crippen MR) is 75.8 cm³/mol. The zero-order valence-corrected chi connectivity index (χ0v) is 11.2. The van der Waals surface area contributed by atoms with Crippen LogP contribution in [0.3, 0.4) is 0 Å². The molecule has 19 heavy (non-hydrogen) atoms. The third kappa shape index (κ3) is 4.05. The topological polar surface area (TPSA) is 54.4 Å². The van der Waals surface area contributed by atoms with E-state index in [0.717, 1.165) is 5.56 Å². The van der Waals surface area contributed by atoms with Crippen LogP contribution in [0.15, 0.2) is 47.6 Å². The standard InChI is InChI=1S/C13H9Cl2N3O/c14-11-6-10(7-12(15)17-11)13(19)18-16-8-9-4-2-1-3-5-9/h1-8H,(H,18,19). The highest BCUT2D eigenvalue weighted by atomic mass is 35.5. The smallest absolute Gasteiger partial charge is 0.267 e. The third-order valence-corrected chi connectivity index (χ3v) is 2.59. The Balaban J connectivity index is 2.03. The number of halogens is 2. The van der Waals surface area contributed by atoms with Crippen LogP contribution in [-0.2, 0) is 0 Å². The normalized spacial score (nSPS) is 10.6. The van der Waals surface area contributed by atoms with Gasteiger partial charge in [-0.25, -0.2) is 10.4 Å². The highest BCUT2D eigenvalue weighted by Gasteiger charge is 2.07. The molecule has 2 aromatic rings. The summed E-state index contributed by atoms with van der Waals surface area (Å²) in [5.74, 6) is -0.404. The van der Waals surface area contributed by atoms with Crippen molar-refractivity contribution in [3.05, 3.63) is 63.9 Å². The van der Waals surface area contributed by atoms with E-state index in [1.54, 1.807) is 6.21 Å². The summed E-state index contributed by atoms with van der Waals surface area (Å²) in [4.78, 5) is 15.5. The van der Waals surface area contributed by atoms with Crippen LogP contribution in [0.1, 0.15) is 15.9 Å². The molecular weight excluding hydrogens is 285 g/mol. The van der Waals surface area contributed by atoms with Crippen LogP contribution in [0.25, 0.3) is 0 Å². The zero-order chi connectivity index (χ0) is 13.7. The molecule has 0 saturated carbocycles. The predicted octanol–water partition coefficient (Wildman–Crippen LogP) is 3.15. The number of hydrogen-bond donors (Lipinski definition) is 1. The number of benzene rings is 1. The van der Waals surface area contributed by atoms with Crippen molar-refractivity contribution in [3.8, 4) is 0 Å². The van der Waals surface area contributed by atoms with Crippen LogP contribution in [0.4, 0.5) is 0 Å². The lowest BCUT2D eigenvalue weighted by atomic mass is 10.2. The monoisotopic (exact) mass is 293 g/mol. The highest BCUT2D eigenvalue weighted by Crippen LogP contribution is 2.14. The summed E-state index contributed by atoms with van der Waals surface area (Å²) in [6.07, 6.45) is 1.54. The first kappa shape index (κ1) is 13.5. The summed E-state index contributed by atoms with van der Waals surface area (Å²) in [6.45, 7) is 0. The fourth-order valence-electron chi connectivity index (χ4n) is 1.37. The van der Waals surface area contributed by atoms with E-state index in [1.165, 1.54) is 12.1 Å². The molecule has 1 amide bonds. The molecule has 4 nitrogen and oxygen atoms in total. The van der Waals surface area contributed by atoms with Crippen molar-refractivity contribution >= 4 is 35.3 Å². The average molecular weight is 294 g/mol. The lowest BCUT2D eigenvalue weighted by Gasteiger charge is -2.01. The van der Waals surface area contributed by atoms with Crippen LogP contribution in [0, 0.1) is 0 Å². The molecule has 1 heterocycles. The summed E-state index contributed by atoms with van der Waals surface area (Å²) in [5, 5.41) is 4.16. The number of carbonyl (C=O) groups is 1. The molecule has 0 spiro atoms. The number of pyridine rings is 1. The molecule has 1 N–H and O–H groups in total. The minimum atomic E-state index is -0.404. The Morgan fingerprint density at radius 2 is 1.79 bits per heavy atom. The van der Waals surface area contributed by atoms with E-state index in [9.17, 15) is 4.79 Å². The molecule has 0 atom stereocenters. The summed E-state index contributed by atoms with van der Waals surface area (Å²) in [5.41, 5.74) is 3.57. The molecule has 2 rings (SSSR count). The summed E-state index contributed by atoms with van der Waals surface area (Å²) in [7, 11) is 0. The van der Waals surface area contributed by atoms with E-state index in [2.05, 4.69) is 15.5 Å². The maximum absolute atomic E-state index is 11.8. The molecule has 0 bridgehead atoms. The zero-order valence-electron chi connectivity index (χ0n) is 9.68. The van der Waals surface area contributed by atoms with E-state index in [1.807, 2.05) is 30.3 Å². The van der Waals surface area contributed by atoms with Gasteiger partial charge in [0.05, 0.1) is 6.21 Å². The Morgan fingerprint density at radius 3 is 2.42 bits per heavy atom. The minimum Gasteiger partial charge on any atom is -0.267 e. The van der Waals surface area contributed by atoms with Crippen molar-refractivity contribution in [2.75, 3.05) is 0 Å². The van der Waals surface area contributed by atoms with Gasteiger partial charge in [0.2, 0.25) is 0 Å². The van der Waals surface area contributed by atoms with Crippen molar-refractivity contribution in [1.29, 1.82) is 0 Å². The van der Waals surface area contributed by atoms with Gasteiger partial charge in [0.1, 0.15) is 10.3 Å². The third-order valence-electron chi connectivity index (χ3n) is 2.20. The molecule has 0 radical (unpaired) electrons. The van der Waals surface area contributed by atoms with Gasteiger partial charge >= 0.3 is 0 Å². The second kappa shape index (κ2) is 6.31. The van der Waals surface area contributed by atoms with Crippen LogP contribution < -0.4 is 5.43 Å². The molecule has 0 fully saturated rings. The second-order valence-electron chi connectivity index (χ2n) is 3.61. The maximum Gasteiger partial charge on any atom is 0.271 e. The van der Waals surface area contributed by atoms with Crippen LogP contribution in [0.5, 0.6) is 0 Å². The minimum absolute atomic E-state index is 0.157. The quantitative estimate of drug-likeness (QED) is 0.537. The number of hydrazone groups is 1. The summed E-state index contributed by atoms with van der Waals surface area (Å²) in [6, 6.07) is 12.2. The van der Waals surface area contributed by atoms with E-state index >= 15 is 0 Å². The molecule has 0 aliphatic rings. The number of aromatic nitrogens is 1. The van der Waals surface area contributed by atoms with Gasteiger partial charge in [-0.05, 0) is 17.7 Å². The largest absolute Gasteiger partial charge is 0.271 e. The number of rotatable bonds is 3. The van der Waals surface area contributed by atoms with Gasteiger partial charge in [-0.3, -0.25) is 4.79 Å². The van der Waals surface area contributed by atoms with Crippen LogP contribution in [-0.4, -0.2) is 17.1 Å². The SMILES string of the molecule is O=C(NN=Cc1ccccc1)c1cc(Cl)nc(Cl)c1. The Bertz CT molecular complexity index is 594. The molecule has 6 heteroatoms. The molecule has 0 unspecified atom stereocenters. The van der Waals surface area contributed by atoms with E-state index < -0.39 is 5.91 Å². The Morgan fingerprint density at radius 1 is 1.16 bits per heavy atom. The fraction of sp³-hybridized carbons (Fsp3) is 0. The fourth-order valence-corrected chi connectivity index (χ4v) is 1.83. The van der Waals surface area contributed by atoms with Crippen LogP contribution in [0.2, 0.25) is 10.3 Å². The number of amides is 1. The van der Waals surface area contributed by atoms with Crippen LogP contribution >= 0.6 is 23.2 Å². The van der Waals surface area contributed by atoms with E-state index in [-0.39, 0.29) is 10.3 Å².